The first-order valence-electron chi connectivity index (χ1n) is 7.73. The summed E-state index contributed by atoms with van der Waals surface area (Å²) in [5, 5.41) is 3.07. The standard InChI is InChI=1S/C15H21N3O3S/c1-2-21-12-8-9-13-14(10-12)22(19,20)18-15(17-13)16-11-6-4-3-5-7-11/h8-11H,2-7H2,1H3,(H2,16,17,18). The van der Waals surface area contributed by atoms with Gasteiger partial charge in [-0.25, -0.2) is 18.1 Å². The molecule has 1 heterocycles. The third-order valence-corrected chi connectivity index (χ3v) is 5.30. The Morgan fingerprint density at radius 3 is 2.77 bits per heavy atom. The number of aliphatic imine (C=N–C) groups is 1. The van der Waals surface area contributed by atoms with Gasteiger partial charge in [0.2, 0.25) is 5.96 Å². The molecule has 1 aliphatic heterocycles. The summed E-state index contributed by atoms with van der Waals surface area (Å²) in [6.07, 6.45) is 5.58. The van der Waals surface area contributed by atoms with Gasteiger partial charge < -0.3 is 10.1 Å². The minimum absolute atomic E-state index is 0.195. The Labute approximate surface area is 131 Å². The molecule has 1 aromatic carbocycles. The van der Waals surface area contributed by atoms with E-state index < -0.39 is 10.0 Å². The van der Waals surface area contributed by atoms with Crippen LogP contribution >= 0.6 is 0 Å². The number of hydrogen-bond donors (Lipinski definition) is 2. The van der Waals surface area contributed by atoms with Gasteiger partial charge in [0.1, 0.15) is 10.6 Å². The lowest BCUT2D eigenvalue weighted by Gasteiger charge is -2.24. The third kappa shape index (κ3) is 3.19. The molecule has 1 fully saturated rings. The largest absolute Gasteiger partial charge is 0.494 e. The molecular formula is C15H21N3O3S. The molecule has 120 valence electrons. The number of anilines is 1. The van der Waals surface area contributed by atoms with Crippen molar-refractivity contribution < 1.29 is 13.2 Å². The van der Waals surface area contributed by atoms with E-state index in [0.29, 0.717) is 24.0 Å². The maximum atomic E-state index is 12.4. The van der Waals surface area contributed by atoms with E-state index in [9.17, 15) is 8.42 Å². The van der Waals surface area contributed by atoms with E-state index in [4.69, 9.17) is 4.74 Å². The number of benzene rings is 1. The fourth-order valence-corrected chi connectivity index (χ4v) is 4.02. The number of fused-ring (bicyclic) bond motifs is 1. The Balaban J connectivity index is 1.88. The molecule has 7 heteroatoms. The smallest absolute Gasteiger partial charge is 0.266 e. The second-order valence-electron chi connectivity index (χ2n) is 5.59. The Bertz CT molecular complexity index is 679. The van der Waals surface area contributed by atoms with Crippen LogP contribution in [0.4, 0.5) is 5.69 Å². The number of hydrogen-bond acceptors (Lipinski definition) is 4. The van der Waals surface area contributed by atoms with Gasteiger partial charge in [0.15, 0.2) is 0 Å². The Morgan fingerprint density at radius 2 is 2.05 bits per heavy atom. The zero-order valence-electron chi connectivity index (χ0n) is 12.6. The zero-order chi connectivity index (χ0) is 15.6. The summed E-state index contributed by atoms with van der Waals surface area (Å²) in [7, 11) is -3.61. The quantitative estimate of drug-likeness (QED) is 0.895. The van der Waals surface area contributed by atoms with Gasteiger partial charge in [0.25, 0.3) is 10.0 Å². The molecule has 0 bridgehead atoms. The van der Waals surface area contributed by atoms with E-state index in [1.165, 1.54) is 12.5 Å². The van der Waals surface area contributed by atoms with Gasteiger partial charge >= 0.3 is 0 Å². The van der Waals surface area contributed by atoms with Crippen LogP contribution in [0.2, 0.25) is 0 Å². The second-order valence-corrected chi connectivity index (χ2v) is 7.24. The number of rotatable bonds is 3. The number of nitrogens with one attached hydrogen (secondary N) is 2. The maximum Gasteiger partial charge on any atom is 0.266 e. The van der Waals surface area contributed by atoms with Gasteiger partial charge in [-0.2, -0.15) is 0 Å². The number of guanidine groups is 1. The van der Waals surface area contributed by atoms with E-state index >= 15 is 0 Å². The van der Waals surface area contributed by atoms with Crippen LogP contribution in [0.25, 0.3) is 0 Å². The summed E-state index contributed by atoms with van der Waals surface area (Å²) in [6.45, 7) is 2.35. The fourth-order valence-electron chi connectivity index (χ4n) is 2.87. The van der Waals surface area contributed by atoms with Crippen LogP contribution in [0.5, 0.6) is 5.75 Å². The molecule has 0 atom stereocenters. The highest BCUT2D eigenvalue weighted by atomic mass is 32.2. The summed E-state index contributed by atoms with van der Waals surface area (Å²) < 4.78 is 32.7. The van der Waals surface area contributed by atoms with E-state index in [1.807, 2.05) is 6.92 Å². The van der Waals surface area contributed by atoms with E-state index in [0.717, 1.165) is 25.7 Å². The second kappa shape index (κ2) is 6.16. The van der Waals surface area contributed by atoms with Crippen LogP contribution in [0.15, 0.2) is 28.1 Å². The van der Waals surface area contributed by atoms with Crippen molar-refractivity contribution in [2.24, 2.45) is 4.99 Å². The molecule has 0 saturated heterocycles. The van der Waals surface area contributed by atoms with Crippen LogP contribution in [0.3, 0.4) is 0 Å². The van der Waals surface area contributed by atoms with Crippen LogP contribution in [-0.4, -0.2) is 27.0 Å². The van der Waals surface area contributed by atoms with Crippen LogP contribution in [0.1, 0.15) is 39.0 Å². The van der Waals surface area contributed by atoms with Crippen molar-refractivity contribution in [3.8, 4) is 5.75 Å². The molecule has 2 N–H and O–H groups in total. The summed E-state index contributed by atoms with van der Waals surface area (Å²) in [6, 6.07) is 5.21. The van der Waals surface area contributed by atoms with Gasteiger partial charge in [0, 0.05) is 6.07 Å². The number of nitrogens with zero attached hydrogens (tertiary/aromatic N) is 1. The Hall–Kier alpha value is -1.76. The van der Waals surface area contributed by atoms with Gasteiger partial charge in [0.05, 0.1) is 18.3 Å². The molecule has 6 nitrogen and oxygen atoms in total. The molecule has 1 aromatic rings. The van der Waals surface area contributed by atoms with Crippen LogP contribution < -0.4 is 14.8 Å². The Kier molecular flexibility index (Phi) is 4.24. The average Bonchev–Trinajstić information content (AvgIpc) is 2.49. The van der Waals surface area contributed by atoms with E-state index in [2.05, 4.69) is 15.0 Å². The zero-order valence-corrected chi connectivity index (χ0v) is 13.4. The molecule has 3 rings (SSSR count). The highest BCUT2D eigenvalue weighted by molar-refractivity contribution is 7.90. The lowest BCUT2D eigenvalue weighted by atomic mass is 9.96. The molecule has 1 aliphatic carbocycles. The normalized spacial score (nSPS) is 22.5. The summed E-state index contributed by atoms with van der Waals surface area (Å²) in [5.41, 5.74) is 0.539. The van der Waals surface area contributed by atoms with Crippen LogP contribution in [0, 0.1) is 0 Å². The molecule has 0 aromatic heterocycles. The average molecular weight is 323 g/mol. The molecule has 0 radical (unpaired) electrons. The van der Waals surface area contributed by atoms with Crippen molar-refractivity contribution in [3.63, 3.8) is 0 Å². The predicted molar refractivity (Wildman–Crippen MR) is 85.9 cm³/mol. The van der Waals surface area contributed by atoms with Crippen molar-refractivity contribution in [2.75, 3.05) is 11.9 Å². The van der Waals surface area contributed by atoms with Crippen molar-refractivity contribution in [3.05, 3.63) is 18.2 Å². The first-order chi connectivity index (χ1) is 10.6. The number of ether oxygens (including phenoxy) is 1. The van der Waals surface area contributed by atoms with Crippen molar-refractivity contribution in [2.45, 2.75) is 50.0 Å². The fraction of sp³-hybridized carbons (Fsp3) is 0.533. The first kappa shape index (κ1) is 15.1. The van der Waals surface area contributed by atoms with E-state index in [1.54, 1.807) is 12.1 Å². The summed E-state index contributed by atoms with van der Waals surface area (Å²) in [5.74, 6) is 0.865. The minimum atomic E-state index is -3.61. The van der Waals surface area contributed by atoms with Crippen LogP contribution in [-0.2, 0) is 10.0 Å². The van der Waals surface area contributed by atoms with Crippen molar-refractivity contribution >= 4 is 21.7 Å². The third-order valence-electron chi connectivity index (χ3n) is 3.92. The summed E-state index contributed by atoms with van der Waals surface area (Å²) >= 11 is 0. The van der Waals surface area contributed by atoms with Gasteiger partial charge in [-0.05, 0) is 31.9 Å². The maximum absolute atomic E-state index is 12.4. The Morgan fingerprint density at radius 1 is 1.27 bits per heavy atom. The van der Waals surface area contributed by atoms with Gasteiger partial charge in [-0.1, -0.05) is 19.3 Å². The molecule has 0 unspecified atom stereocenters. The first-order valence-corrected chi connectivity index (χ1v) is 9.21. The molecule has 2 aliphatic rings. The van der Waals surface area contributed by atoms with Gasteiger partial charge in [-0.3, -0.25) is 0 Å². The highest BCUT2D eigenvalue weighted by Gasteiger charge is 2.28. The molecule has 22 heavy (non-hydrogen) atoms. The molecular weight excluding hydrogens is 302 g/mol. The summed E-state index contributed by atoms with van der Waals surface area (Å²) in [4.78, 5) is 4.73. The number of sulfonamides is 1. The molecule has 0 spiro atoms. The SMILES string of the molecule is CCOc1ccc2c(c1)S(=O)(=O)NC(=NC1CCCCC1)N2. The molecule has 1 saturated carbocycles. The molecule has 0 amide bonds. The van der Waals surface area contributed by atoms with E-state index in [-0.39, 0.29) is 10.9 Å². The lowest BCUT2D eigenvalue weighted by Crippen LogP contribution is -2.41. The van der Waals surface area contributed by atoms with Gasteiger partial charge in [-0.15, -0.1) is 0 Å². The topological polar surface area (TPSA) is 79.8 Å². The minimum Gasteiger partial charge on any atom is -0.494 e. The lowest BCUT2D eigenvalue weighted by molar-refractivity contribution is 0.339. The van der Waals surface area contributed by atoms with Crippen molar-refractivity contribution in [1.29, 1.82) is 0 Å². The van der Waals surface area contributed by atoms with Crippen molar-refractivity contribution in [1.82, 2.24) is 4.72 Å². The highest BCUT2D eigenvalue weighted by Crippen LogP contribution is 2.29. The monoisotopic (exact) mass is 323 g/mol. The predicted octanol–water partition coefficient (Wildman–Crippen LogP) is 2.48.